The van der Waals surface area contributed by atoms with Crippen molar-refractivity contribution in [3.63, 3.8) is 0 Å². The smallest absolute Gasteiger partial charge is 0.307 e. The fourth-order valence-corrected chi connectivity index (χ4v) is 3.63. The molecule has 4 rings (SSSR count). The van der Waals surface area contributed by atoms with Crippen molar-refractivity contribution in [3.05, 3.63) is 102 Å². The molecule has 4 heteroatoms. The van der Waals surface area contributed by atoms with Gasteiger partial charge in [0.15, 0.2) is 0 Å². The highest BCUT2D eigenvalue weighted by Crippen LogP contribution is 2.28. The largest absolute Gasteiger partial charge is 0.489 e. The van der Waals surface area contributed by atoms with Crippen LogP contribution in [0.5, 0.6) is 5.75 Å². The lowest BCUT2D eigenvalue weighted by atomic mass is 9.97. The molecule has 0 amide bonds. The molecule has 150 valence electrons. The van der Waals surface area contributed by atoms with Gasteiger partial charge in [-0.2, -0.15) is 0 Å². The fraction of sp³-hybridized carbons (Fsp3) is 0.115. The number of aliphatic carboxylic acids is 1. The van der Waals surface area contributed by atoms with Gasteiger partial charge < -0.3 is 15.6 Å². The number of carboxylic acid groups (broad SMARTS) is 1. The van der Waals surface area contributed by atoms with Crippen LogP contribution in [0.2, 0.25) is 0 Å². The molecule has 4 aromatic rings. The van der Waals surface area contributed by atoms with Gasteiger partial charge in [0.25, 0.3) is 0 Å². The average Bonchev–Trinajstić information content (AvgIpc) is 2.78. The molecule has 0 aliphatic heterocycles. The monoisotopic (exact) mass is 397 g/mol. The molecule has 0 bridgehead atoms. The van der Waals surface area contributed by atoms with Crippen molar-refractivity contribution in [2.75, 3.05) is 0 Å². The van der Waals surface area contributed by atoms with Crippen LogP contribution in [0, 0.1) is 0 Å². The molecule has 0 radical (unpaired) electrons. The molecule has 0 unspecified atom stereocenters. The van der Waals surface area contributed by atoms with Crippen LogP contribution < -0.4 is 10.5 Å². The van der Waals surface area contributed by atoms with Crippen LogP contribution in [0.1, 0.15) is 16.7 Å². The van der Waals surface area contributed by atoms with Crippen molar-refractivity contribution >= 4 is 16.7 Å². The number of hydrogen-bond donors (Lipinski definition) is 2. The van der Waals surface area contributed by atoms with Crippen molar-refractivity contribution in [1.29, 1.82) is 0 Å². The minimum Gasteiger partial charge on any atom is -0.489 e. The van der Waals surface area contributed by atoms with Gasteiger partial charge in [-0.15, -0.1) is 0 Å². The molecule has 0 aliphatic rings. The second-order valence-corrected chi connectivity index (χ2v) is 7.22. The topological polar surface area (TPSA) is 72.5 Å². The molecular formula is C26H23NO3. The molecular weight excluding hydrogens is 374 g/mol. The summed E-state index contributed by atoms with van der Waals surface area (Å²) in [5, 5.41) is 11.4. The molecule has 0 aliphatic carbocycles. The lowest BCUT2D eigenvalue weighted by Crippen LogP contribution is -2.04. The molecule has 0 saturated heterocycles. The van der Waals surface area contributed by atoms with E-state index < -0.39 is 5.97 Å². The Morgan fingerprint density at radius 2 is 1.60 bits per heavy atom. The summed E-state index contributed by atoms with van der Waals surface area (Å²) in [6, 6.07) is 28.1. The van der Waals surface area contributed by atoms with Gasteiger partial charge in [-0.1, -0.05) is 66.7 Å². The minimum absolute atomic E-state index is 0.0622. The molecule has 0 spiro atoms. The number of ether oxygens (including phenoxy) is 1. The highest BCUT2D eigenvalue weighted by Gasteiger charge is 2.09. The summed E-state index contributed by atoms with van der Waals surface area (Å²) in [5.74, 6) is -0.274. The first-order chi connectivity index (χ1) is 14.6. The second-order valence-electron chi connectivity index (χ2n) is 7.22. The van der Waals surface area contributed by atoms with Gasteiger partial charge in [0.2, 0.25) is 0 Å². The number of fused-ring (bicyclic) bond motifs is 1. The molecule has 0 atom stereocenters. The van der Waals surface area contributed by atoms with E-state index in [9.17, 15) is 4.79 Å². The average molecular weight is 397 g/mol. The molecule has 0 fully saturated rings. The Labute approximate surface area is 175 Å². The highest BCUT2D eigenvalue weighted by molar-refractivity contribution is 5.90. The summed E-state index contributed by atoms with van der Waals surface area (Å²) in [4.78, 5) is 11.1. The maximum absolute atomic E-state index is 11.1. The molecule has 0 heterocycles. The first-order valence-corrected chi connectivity index (χ1v) is 9.87. The Morgan fingerprint density at radius 1 is 0.833 bits per heavy atom. The van der Waals surface area contributed by atoms with Crippen LogP contribution in [0.4, 0.5) is 0 Å². The summed E-state index contributed by atoms with van der Waals surface area (Å²) in [7, 11) is 0. The molecule has 3 N–H and O–H groups in total. The Balaban J connectivity index is 1.66. The van der Waals surface area contributed by atoms with Gasteiger partial charge in [-0.05, 0) is 51.2 Å². The lowest BCUT2D eigenvalue weighted by Gasteiger charge is -2.13. The predicted molar refractivity (Wildman–Crippen MR) is 119 cm³/mol. The van der Waals surface area contributed by atoms with Gasteiger partial charge in [-0.25, -0.2) is 0 Å². The van der Waals surface area contributed by atoms with Gasteiger partial charge >= 0.3 is 5.97 Å². The normalized spacial score (nSPS) is 10.8. The zero-order valence-corrected chi connectivity index (χ0v) is 16.5. The van der Waals surface area contributed by atoms with E-state index in [0.717, 1.165) is 33.0 Å². The summed E-state index contributed by atoms with van der Waals surface area (Å²) >= 11 is 0. The Hall–Kier alpha value is -3.63. The summed E-state index contributed by atoms with van der Waals surface area (Å²) in [6.07, 6.45) is -0.0622. The molecule has 4 nitrogen and oxygen atoms in total. The van der Waals surface area contributed by atoms with Crippen LogP contribution in [-0.2, 0) is 24.4 Å². The lowest BCUT2D eigenvalue weighted by molar-refractivity contribution is -0.136. The molecule has 0 aromatic heterocycles. The van der Waals surface area contributed by atoms with Crippen molar-refractivity contribution in [2.24, 2.45) is 5.73 Å². The molecule has 0 saturated carbocycles. The van der Waals surface area contributed by atoms with Crippen LogP contribution in [0.3, 0.4) is 0 Å². The van der Waals surface area contributed by atoms with Crippen molar-refractivity contribution in [1.82, 2.24) is 0 Å². The number of para-hydroxylation sites is 1. The first-order valence-electron chi connectivity index (χ1n) is 9.87. The van der Waals surface area contributed by atoms with E-state index in [2.05, 4.69) is 36.4 Å². The van der Waals surface area contributed by atoms with Crippen LogP contribution >= 0.6 is 0 Å². The third-order valence-corrected chi connectivity index (χ3v) is 5.17. The van der Waals surface area contributed by atoms with Crippen LogP contribution in [0.15, 0.2) is 84.9 Å². The van der Waals surface area contributed by atoms with Crippen molar-refractivity contribution in [3.8, 4) is 16.9 Å². The molecule has 30 heavy (non-hydrogen) atoms. The Kier molecular flexibility index (Phi) is 5.77. The Bertz CT molecular complexity index is 1200. The first kappa shape index (κ1) is 19.7. The maximum atomic E-state index is 11.1. The fourth-order valence-electron chi connectivity index (χ4n) is 3.63. The second kappa shape index (κ2) is 8.80. The van der Waals surface area contributed by atoms with Crippen molar-refractivity contribution < 1.29 is 14.6 Å². The number of hydrogen-bond acceptors (Lipinski definition) is 3. The third kappa shape index (κ3) is 4.34. The quantitative estimate of drug-likeness (QED) is 0.451. The number of rotatable bonds is 7. The minimum atomic E-state index is -0.874. The van der Waals surface area contributed by atoms with E-state index in [0.29, 0.717) is 24.5 Å². The van der Waals surface area contributed by atoms with E-state index >= 15 is 0 Å². The number of carbonyl (C=O) groups is 1. The van der Waals surface area contributed by atoms with E-state index in [-0.39, 0.29) is 6.42 Å². The maximum Gasteiger partial charge on any atom is 0.307 e. The summed E-state index contributed by atoms with van der Waals surface area (Å²) in [6.45, 7) is 0.872. The molecule has 4 aromatic carbocycles. The van der Waals surface area contributed by atoms with E-state index in [1.165, 1.54) is 0 Å². The Morgan fingerprint density at radius 3 is 2.43 bits per heavy atom. The zero-order chi connectivity index (χ0) is 20.9. The van der Waals surface area contributed by atoms with Gasteiger partial charge in [0.05, 0.1) is 6.42 Å². The zero-order valence-electron chi connectivity index (χ0n) is 16.5. The summed E-state index contributed by atoms with van der Waals surface area (Å²) < 4.78 is 6.03. The van der Waals surface area contributed by atoms with Gasteiger partial charge in [0.1, 0.15) is 12.4 Å². The van der Waals surface area contributed by atoms with Crippen LogP contribution in [0.25, 0.3) is 21.9 Å². The van der Waals surface area contributed by atoms with Crippen LogP contribution in [-0.4, -0.2) is 11.1 Å². The van der Waals surface area contributed by atoms with E-state index in [1.807, 2.05) is 42.5 Å². The van der Waals surface area contributed by atoms with E-state index in [1.54, 1.807) is 6.07 Å². The summed E-state index contributed by atoms with van der Waals surface area (Å²) in [5.41, 5.74) is 10.9. The van der Waals surface area contributed by atoms with E-state index in [4.69, 9.17) is 15.6 Å². The van der Waals surface area contributed by atoms with Gasteiger partial charge in [0, 0.05) is 12.1 Å². The highest BCUT2D eigenvalue weighted by atomic mass is 16.5. The SMILES string of the molecule is NCc1cccc(-c2ccc3cccc(COc4ccccc4CC(=O)O)c3c2)c1. The number of carboxylic acids is 1. The van der Waals surface area contributed by atoms with Gasteiger partial charge in [-0.3, -0.25) is 4.79 Å². The number of nitrogens with two attached hydrogens (primary N) is 1. The van der Waals surface area contributed by atoms with Crippen molar-refractivity contribution in [2.45, 2.75) is 19.6 Å². The number of benzene rings is 4. The standard InChI is InChI=1S/C26H23NO3/c27-16-18-5-3-8-20(13-18)21-12-11-19-7-4-9-23(24(19)14-21)17-30-25-10-2-1-6-22(25)15-26(28)29/h1-14H,15-17,27H2,(H,28,29). The third-order valence-electron chi connectivity index (χ3n) is 5.17. The predicted octanol–water partition coefficient (Wildman–Crippen LogP) is 5.17.